The molecular weight excluding hydrogens is 348 g/mol. The molecule has 1 fully saturated rings. The molecule has 140 valence electrons. The minimum Gasteiger partial charge on any atom is -0.373 e. The highest BCUT2D eigenvalue weighted by Crippen LogP contribution is 2.33. The summed E-state index contributed by atoms with van der Waals surface area (Å²) in [5.74, 6) is -0.0203. The maximum Gasteiger partial charge on any atom is 0.217 e. The summed E-state index contributed by atoms with van der Waals surface area (Å²) in [7, 11) is 0. The number of ether oxygens (including phenoxy) is 1. The lowest BCUT2D eigenvalue weighted by atomic mass is 10.1. The van der Waals surface area contributed by atoms with Crippen LogP contribution in [-0.2, 0) is 35.7 Å². The minimum atomic E-state index is -0.0203. The largest absolute Gasteiger partial charge is 0.373 e. The Hall–Kier alpha value is -1.70. The van der Waals surface area contributed by atoms with Crippen molar-refractivity contribution in [3.05, 3.63) is 39.3 Å². The van der Waals surface area contributed by atoms with Gasteiger partial charge in [-0.05, 0) is 37.5 Å². The first-order chi connectivity index (χ1) is 12.7. The minimum absolute atomic E-state index is 0.0203. The van der Waals surface area contributed by atoms with Gasteiger partial charge in [0.1, 0.15) is 0 Å². The van der Waals surface area contributed by atoms with Crippen LogP contribution in [0, 0.1) is 0 Å². The van der Waals surface area contributed by atoms with Gasteiger partial charge in [-0.3, -0.25) is 14.4 Å². The van der Waals surface area contributed by atoms with E-state index in [1.165, 1.54) is 35.2 Å². The fourth-order valence-electron chi connectivity index (χ4n) is 3.65. The molecule has 1 amide bonds. The Morgan fingerprint density at radius 1 is 1.38 bits per heavy atom. The first kappa shape index (κ1) is 17.7. The first-order valence-electron chi connectivity index (χ1n) is 9.40. The predicted molar refractivity (Wildman–Crippen MR) is 101 cm³/mol. The number of carbonyl (C=O) groups excluding carboxylic acids is 1. The lowest BCUT2D eigenvalue weighted by Gasteiger charge is -2.27. The van der Waals surface area contributed by atoms with Crippen LogP contribution in [0.15, 0.2) is 18.2 Å². The van der Waals surface area contributed by atoms with Crippen molar-refractivity contribution >= 4 is 17.2 Å². The molecule has 4 rings (SSSR count). The molecule has 1 atom stereocenters. The van der Waals surface area contributed by atoms with E-state index < -0.39 is 0 Å². The zero-order valence-corrected chi connectivity index (χ0v) is 16.1. The third kappa shape index (κ3) is 4.16. The van der Waals surface area contributed by atoms with Crippen LogP contribution in [0.5, 0.6) is 0 Å². The molecular formula is C19H26N4O2S. The maximum absolute atomic E-state index is 11.1. The van der Waals surface area contributed by atoms with Crippen LogP contribution in [0.4, 0.5) is 0 Å². The lowest BCUT2D eigenvalue weighted by molar-refractivity contribution is -0.119. The van der Waals surface area contributed by atoms with Crippen molar-refractivity contribution in [1.29, 1.82) is 0 Å². The van der Waals surface area contributed by atoms with Crippen molar-refractivity contribution in [1.82, 2.24) is 20.0 Å². The molecule has 1 saturated heterocycles. The van der Waals surface area contributed by atoms with Crippen LogP contribution < -0.4 is 5.32 Å². The standard InChI is InChI=1S/C19H26N4O2S/c1-14(24)20-11-15-10-16-12-22(7-8-23(16)21-15)13-17-5-6-19(26-17)18-4-2-3-9-25-18/h5-6,10,18H,2-4,7-9,11-13H2,1H3,(H,20,24)/t18-/m0/s1. The van der Waals surface area contributed by atoms with E-state index >= 15 is 0 Å². The van der Waals surface area contributed by atoms with Crippen LogP contribution in [0.25, 0.3) is 0 Å². The molecule has 1 N–H and O–H groups in total. The number of fused-ring (bicyclic) bond motifs is 1. The molecule has 2 aliphatic rings. The van der Waals surface area contributed by atoms with E-state index in [2.05, 4.69) is 38.2 Å². The molecule has 4 heterocycles. The van der Waals surface area contributed by atoms with Crippen molar-refractivity contribution in [3.63, 3.8) is 0 Å². The van der Waals surface area contributed by atoms with Gasteiger partial charge in [0.2, 0.25) is 5.91 Å². The van der Waals surface area contributed by atoms with Gasteiger partial charge in [-0.25, -0.2) is 0 Å². The Morgan fingerprint density at radius 3 is 3.12 bits per heavy atom. The second-order valence-corrected chi connectivity index (χ2v) is 8.33. The smallest absolute Gasteiger partial charge is 0.217 e. The number of aromatic nitrogens is 2. The van der Waals surface area contributed by atoms with Gasteiger partial charge in [-0.2, -0.15) is 5.10 Å². The van der Waals surface area contributed by atoms with Gasteiger partial charge in [0.25, 0.3) is 0 Å². The zero-order chi connectivity index (χ0) is 17.9. The summed E-state index contributed by atoms with van der Waals surface area (Å²) in [5.41, 5.74) is 2.16. The Morgan fingerprint density at radius 2 is 2.31 bits per heavy atom. The number of amides is 1. The summed E-state index contributed by atoms with van der Waals surface area (Å²) in [6.07, 6.45) is 3.93. The van der Waals surface area contributed by atoms with E-state index in [-0.39, 0.29) is 5.91 Å². The van der Waals surface area contributed by atoms with E-state index in [4.69, 9.17) is 4.74 Å². The Balaban J connectivity index is 1.35. The highest BCUT2D eigenvalue weighted by molar-refractivity contribution is 7.12. The van der Waals surface area contributed by atoms with Gasteiger partial charge in [0.15, 0.2) is 0 Å². The molecule has 0 aliphatic carbocycles. The summed E-state index contributed by atoms with van der Waals surface area (Å²) >= 11 is 1.89. The zero-order valence-electron chi connectivity index (χ0n) is 15.2. The van der Waals surface area contributed by atoms with Gasteiger partial charge in [0.05, 0.1) is 30.6 Å². The lowest BCUT2D eigenvalue weighted by Crippen LogP contribution is -2.33. The highest BCUT2D eigenvalue weighted by Gasteiger charge is 2.21. The van der Waals surface area contributed by atoms with E-state index in [0.717, 1.165) is 44.9 Å². The van der Waals surface area contributed by atoms with Crippen molar-refractivity contribution < 1.29 is 9.53 Å². The van der Waals surface area contributed by atoms with Gasteiger partial charge in [-0.15, -0.1) is 11.3 Å². The summed E-state index contributed by atoms with van der Waals surface area (Å²) in [6.45, 7) is 6.72. The van der Waals surface area contributed by atoms with E-state index in [1.54, 1.807) is 0 Å². The second kappa shape index (κ2) is 7.90. The molecule has 0 unspecified atom stereocenters. The number of nitrogens with one attached hydrogen (secondary N) is 1. The van der Waals surface area contributed by atoms with E-state index in [0.29, 0.717) is 12.6 Å². The Labute approximate surface area is 158 Å². The number of nitrogens with zero attached hydrogens (tertiary/aromatic N) is 3. The molecule has 2 aromatic rings. The number of hydrogen-bond acceptors (Lipinski definition) is 5. The number of carbonyl (C=O) groups is 1. The maximum atomic E-state index is 11.1. The molecule has 0 saturated carbocycles. The molecule has 0 bridgehead atoms. The monoisotopic (exact) mass is 374 g/mol. The third-order valence-corrected chi connectivity index (χ3v) is 6.17. The average molecular weight is 375 g/mol. The third-order valence-electron chi connectivity index (χ3n) is 5.00. The summed E-state index contributed by atoms with van der Waals surface area (Å²) < 4.78 is 7.98. The summed E-state index contributed by atoms with van der Waals surface area (Å²) in [5, 5.41) is 7.41. The molecule has 7 heteroatoms. The van der Waals surface area contributed by atoms with Crippen molar-refractivity contribution in [2.75, 3.05) is 13.2 Å². The van der Waals surface area contributed by atoms with Crippen LogP contribution >= 0.6 is 11.3 Å². The van der Waals surface area contributed by atoms with Crippen LogP contribution in [0.3, 0.4) is 0 Å². The molecule has 0 radical (unpaired) electrons. The summed E-state index contributed by atoms with van der Waals surface area (Å²) in [6, 6.07) is 6.61. The fourth-order valence-corrected chi connectivity index (χ4v) is 4.79. The molecule has 0 spiro atoms. The van der Waals surface area contributed by atoms with E-state index in [9.17, 15) is 4.79 Å². The van der Waals surface area contributed by atoms with Crippen LogP contribution in [-0.4, -0.2) is 33.7 Å². The Bertz CT molecular complexity index is 763. The second-order valence-electron chi connectivity index (χ2n) is 7.13. The molecule has 2 aliphatic heterocycles. The van der Waals surface area contributed by atoms with Crippen molar-refractivity contribution in [2.45, 2.75) is 58.5 Å². The molecule has 26 heavy (non-hydrogen) atoms. The van der Waals surface area contributed by atoms with E-state index in [1.807, 2.05) is 11.3 Å². The Kier molecular flexibility index (Phi) is 5.38. The van der Waals surface area contributed by atoms with Gasteiger partial charge in [-0.1, -0.05) is 0 Å². The van der Waals surface area contributed by atoms with Crippen molar-refractivity contribution in [3.8, 4) is 0 Å². The number of hydrogen-bond donors (Lipinski definition) is 1. The molecule has 2 aromatic heterocycles. The van der Waals surface area contributed by atoms with Crippen LogP contribution in [0.2, 0.25) is 0 Å². The molecule has 6 nitrogen and oxygen atoms in total. The van der Waals surface area contributed by atoms with Crippen molar-refractivity contribution in [2.24, 2.45) is 0 Å². The molecule has 0 aromatic carbocycles. The van der Waals surface area contributed by atoms with Gasteiger partial charge in [0, 0.05) is 42.9 Å². The predicted octanol–water partition coefficient (Wildman–Crippen LogP) is 2.84. The van der Waals surface area contributed by atoms with Crippen LogP contribution in [0.1, 0.15) is 53.4 Å². The first-order valence-corrected chi connectivity index (χ1v) is 10.2. The topological polar surface area (TPSA) is 59.4 Å². The SMILES string of the molecule is CC(=O)NCc1cc2n(n1)CCN(Cc1ccc([C@@H]3CCCCO3)s1)C2. The highest BCUT2D eigenvalue weighted by atomic mass is 32.1. The fraction of sp³-hybridized carbons (Fsp3) is 0.579. The average Bonchev–Trinajstić information content (AvgIpc) is 3.27. The van der Waals surface area contributed by atoms with Gasteiger partial charge >= 0.3 is 0 Å². The quantitative estimate of drug-likeness (QED) is 0.874. The normalized spacial score (nSPS) is 20.7. The number of rotatable bonds is 5. The summed E-state index contributed by atoms with van der Waals surface area (Å²) in [4.78, 5) is 16.3. The van der Waals surface area contributed by atoms with Gasteiger partial charge < -0.3 is 10.1 Å². The number of thiophene rings is 1.